The molecule has 16 heavy (non-hydrogen) atoms. The predicted octanol–water partition coefficient (Wildman–Crippen LogP) is -0.551. The number of carbonyl (C=O) groups excluding carboxylic acids is 1. The predicted molar refractivity (Wildman–Crippen MR) is 57.0 cm³/mol. The summed E-state index contributed by atoms with van der Waals surface area (Å²) in [7, 11) is 1.53. The third-order valence-electron chi connectivity index (χ3n) is 1.80. The second-order valence-electron chi connectivity index (χ2n) is 2.88. The summed E-state index contributed by atoms with van der Waals surface area (Å²) < 4.78 is 13.2. The molecule has 88 valence electrons. The smallest absolute Gasteiger partial charge is 0.239 e. The molecule has 1 aromatic heterocycles. The van der Waals surface area contributed by atoms with Gasteiger partial charge < -0.3 is 10.6 Å². The molecule has 1 heterocycles. The highest BCUT2D eigenvalue weighted by molar-refractivity contribution is 5.76. The number of anilines is 2. The first-order valence-corrected chi connectivity index (χ1v) is 4.61. The number of hydrogen-bond donors (Lipinski definition) is 4. The second kappa shape index (κ2) is 5.81. The third kappa shape index (κ3) is 3.31. The number of rotatable bonds is 5. The highest BCUT2D eigenvalue weighted by atomic mass is 19.1. The van der Waals surface area contributed by atoms with E-state index < -0.39 is 5.82 Å². The van der Waals surface area contributed by atoms with Crippen LogP contribution in [0.25, 0.3) is 0 Å². The molecule has 0 aliphatic heterocycles. The summed E-state index contributed by atoms with van der Waals surface area (Å²) in [5.74, 6) is 4.44. The van der Waals surface area contributed by atoms with E-state index >= 15 is 0 Å². The summed E-state index contributed by atoms with van der Waals surface area (Å²) in [6, 6.07) is 0. The number of nitrogen functional groups attached to an aromatic ring is 1. The summed E-state index contributed by atoms with van der Waals surface area (Å²) in [4.78, 5) is 18.2. The summed E-state index contributed by atoms with van der Waals surface area (Å²) in [5.41, 5.74) is 2.20. The van der Waals surface area contributed by atoms with Gasteiger partial charge in [-0.25, -0.2) is 15.2 Å². The van der Waals surface area contributed by atoms with Crippen LogP contribution in [0.2, 0.25) is 0 Å². The van der Waals surface area contributed by atoms with Crippen molar-refractivity contribution in [1.29, 1.82) is 0 Å². The lowest BCUT2D eigenvalue weighted by Gasteiger charge is -2.07. The Bertz CT molecular complexity index is 372. The number of nitrogens with two attached hydrogens (primary N) is 1. The molecule has 7 nitrogen and oxygen atoms in total. The summed E-state index contributed by atoms with van der Waals surface area (Å²) in [5, 5.41) is 5.12. The van der Waals surface area contributed by atoms with Crippen LogP contribution in [0.3, 0.4) is 0 Å². The highest BCUT2D eigenvalue weighted by Crippen LogP contribution is 2.10. The van der Waals surface area contributed by atoms with Crippen molar-refractivity contribution in [3.8, 4) is 0 Å². The van der Waals surface area contributed by atoms with Crippen LogP contribution >= 0.6 is 0 Å². The number of halogens is 1. The maximum absolute atomic E-state index is 13.2. The first-order valence-electron chi connectivity index (χ1n) is 4.61. The van der Waals surface area contributed by atoms with Gasteiger partial charge in [0.15, 0.2) is 11.6 Å². The van der Waals surface area contributed by atoms with E-state index in [0.717, 1.165) is 6.20 Å². The fourth-order valence-corrected chi connectivity index (χ4v) is 0.980. The molecule has 1 rings (SSSR count). The molecule has 0 atom stereocenters. The second-order valence-corrected chi connectivity index (χ2v) is 2.88. The summed E-state index contributed by atoms with van der Waals surface area (Å²) in [6.07, 6.45) is 1.22. The Morgan fingerprint density at radius 1 is 1.62 bits per heavy atom. The molecular weight excluding hydrogens is 215 g/mol. The molecular formula is C8H13FN6O. The first-order chi connectivity index (χ1) is 7.67. The Kier molecular flexibility index (Phi) is 4.40. The van der Waals surface area contributed by atoms with Crippen LogP contribution in [-0.2, 0) is 4.79 Å². The third-order valence-corrected chi connectivity index (χ3v) is 1.80. The van der Waals surface area contributed by atoms with Crippen LogP contribution in [0.1, 0.15) is 6.42 Å². The minimum atomic E-state index is -0.601. The number of carbonyl (C=O) groups is 1. The Labute approximate surface area is 91.6 Å². The van der Waals surface area contributed by atoms with E-state index in [1.54, 1.807) is 0 Å². The molecule has 0 fully saturated rings. The molecule has 0 aromatic carbocycles. The summed E-state index contributed by atoms with van der Waals surface area (Å²) >= 11 is 0. The molecule has 0 saturated carbocycles. The van der Waals surface area contributed by atoms with Crippen LogP contribution in [0.15, 0.2) is 6.20 Å². The minimum absolute atomic E-state index is 0.00635. The van der Waals surface area contributed by atoms with Crippen LogP contribution < -0.4 is 21.9 Å². The van der Waals surface area contributed by atoms with Crippen molar-refractivity contribution >= 4 is 17.7 Å². The molecule has 0 radical (unpaired) electrons. The Hall–Kier alpha value is -1.96. The van der Waals surface area contributed by atoms with Gasteiger partial charge >= 0.3 is 0 Å². The zero-order valence-electron chi connectivity index (χ0n) is 8.75. The van der Waals surface area contributed by atoms with Gasteiger partial charge in [0.2, 0.25) is 11.9 Å². The topological polar surface area (TPSA) is 105 Å². The lowest BCUT2D eigenvalue weighted by atomic mass is 10.4. The van der Waals surface area contributed by atoms with Gasteiger partial charge in [0.25, 0.3) is 0 Å². The SMILES string of the molecule is CNC(=O)CCNc1nc(NN)ncc1F. The normalized spacial score (nSPS) is 9.69. The van der Waals surface area contributed by atoms with Crippen molar-refractivity contribution in [1.82, 2.24) is 15.3 Å². The summed E-state index contributed by atoms with van der Waals surface area (Å²) in [6.45, 7) is 0.275. The lowest BCUT2D eigenvalue weighted by Crippen LogP contribution is -2.21. The van der Waals surface area contributed by atoms with E-state index in [1.807, 2.05) is 0 Å². The van der Waals surface area contributed by atoms with Crippen LogP contribution in [0, 0.1) is 5.82 Å². The molecule has 8 heteroatoms. The van der Waals surface area contributed by atoms with E-state index in [9.17, 15) is 9.18 Å². The van der Waals surface area contributed by atoms with Crippen molar-refractivity contribution in [3.05, 3.63) is 12.0 Å². The maximum Gasteiger partial charge on any atom is 0.239 e. The number of amides is 1. The van der Waals surface area contributed by atoms with Gasteiger partial charge in [-0.3, -0.25) is 10.2 Å². The molecule has 0 aliphatic rings. The van der Waals surface area contributed by atoms with Crippen LogP contribution in [0.4, 0.5) is 16.2 Å². The van der Waals surface area contributed by atoms with Crippen molar-refractivity contribution in [2.45, 2.75) is 6.42 Å². The van der Waals surface area contributed by atoms with E-state index in [-0.39, 0.29) is 30.6 Å². The Balaban J connectivity index is 2.55. The first kappa shape index (κ1) is 12.1. The largest absolute Gasteiger partial charge is 0.367 e. The quantitative estimate of drug-likeness (QED) is 0.398. The van der Waals surface area contributed by atoms with E-state index in [0.29, 0.717) is 0 Å². The average molecular weight is 228 g/mol. The van der Waals surface area contributed by atoms with Gasteiger partial charge in [-0.05, 0) is 0 Å². The minimum Gasteiger partial charge on any atom is -0.367 e. The van der Waals surface area contributed by atoms with Gasteiger partial charge in [0, 0.05) is 20.0 Å². The molecule has 0 aliphatic carbocycles. The molecule has 1 amide bonds. The maximum atomic E-state index is 13.2. The van der Waals surface area contributed by atoms with E-state index in [2.05, 4.69) is 26.0 Å². The Morgan fingerprint density at radius 2 is 2.38 bits per heavy atom. The van der Waals surface area contributed by atoms with Crippen molar-refractivity contribution in [2.75, 3.05) is 24.3 Å². The molecule has 0 spiro atoms. The molecule has 5 N–H and O–H groups in total. The fraction of sp³-hybridized carbons (Fsp3) is 0.375. The number of nitrogens with one attached hydrogen (secondary N) is 3. The number of hydrogen-bond acceptors (Lipinski definition) is 6. The van der Waals surface area contributed by atoms with Crippen molar-refractivity contribution < 1.29 is 9.18 Å². The zero-order valence-corrected chi connectivity index (χ0v) is 8.75. The van der Waals surface area contributed by atoms with Crippen LogP contribution in [-0.4, -0.2) is 29.5 Å². The zero-order chi connectivity index (χ0) is 12.0. The Morgan fingerprint density at radius 3 is 3.00 bits per heavy atom. The van der Waals surface area contributed by atoms with Crippen molar-refractivity contribution in [2.24, 2.45) is 5.84 Å². The van der Waals surface area contributed by atoms with Gasteiger partial charge in [-0.1, -0.05) is 0 Å². The van der Waals surface area contributed by atoms with E-state index in [4.69, 9.17) is 5.84 Å². The van der Waals surface area contributed by atoms with Crippen LogP contribution in [0.5, 0.6) is 0 Å². The molecule has 0 bridgehead atoms. The monoisotopic (exact) mass is 228 g/mol. The highest BCUT2D eigenvalue weighted by Gasteiger charge is 2.06. The van der Waals surface area contributed by atoms with Gasteiger partial charge in [-0.15, -0.1) is 0 Å². The van der Waals surface area contributed by atoms with E-state index in [1.165, 1.54) is 7.05 Å². The number of hydrazine groups is 1. The standard InChI is InChI=1S/C8H13FN6O/c1-11-6(16)2-3-12-7-5(9)4-13-8(14-7)15-10/h4H,2-3,10H2,1H3,(H,11,16)(H2,12,13,14,15). The average Bonchev–Trinajstić information content (AvgIpc) is 2.31. The van der Waals surface area contributed by atoms with Gasteiger partial charge in [-0.2, -0.15) is 4.98 Å². The molecule has 1 aromatic rings. The van der Waals surface area contributed by atoms with Gasteiger partial charge in [0.05, 0.1) is 6.20 Å². The lowest BCUT2D eigenvalue weighted by molar-refractivity contribution is -0.120. The molecule has 0 saturated heterocycles. The molecule has 0 unspecified atom stereocenters. The van der Waals surface area contributed by atoms with Crippen molar-refractivity contribution in [3.63, 3.8) is 0 Å². The number of aromatic nitrogens is 2. The number of nitrogens with zero attached hydrogens (tertiary/aromatic N) is 2. The van der Waals surface area contributed by atoms with Gasteiger partial charge in [0.1, 0.15) is 0 Å². The fourth-order valence-electron chi connectivity index (χ4n) is 0.980.